The zero-order valence-electron chi connectivity index (χ0n) is 8.22. The molecule has 0 saturated carbocycles. The van der Waals surface area contributed by atoms with Gasteiger partial charge in [-0.3, -0.25) is 4.68 Å². The molecule has 82 valence electrons. The van der Waals surface area contributed by atoms with E-state index in [1.165, 1.54) is 10.9 Å². The van der Waals surface area contributed by atoms with Crippen molar-refractivity contribution in [2.45, 2.75) is 25.5 Å². The lowest BCUT2D eigenvalue weighted by Gasteiger charge is -2.08. The molecule has 15 heavy (non-hydrogen) atoms. The average Bonchev–Trinajstić information content (AvgIpc) is 2.75. The SMILES string of the molecule is Nc1cn(CC2CCCO2)nc1C(=O)O. The molecule has 1 aromatic heterocycles. The number of aromatic nitrogens is 2. The van der Waals surface area contributed by atoms with E-state index < -0.39 is 5.97 Å². The Morgan fingerprint density at radius 2 is 2.60 bits per heavy atom. The molecule has 0 amide bonds. The largest absolute Gasteiger partial charge is 0.476 e. The van der Waals surface area contributed by atoms with Gasteiger partial charge in [0.15, 0.2) is 5.69 Å². The number of nitrogen functional groups attached to an aromatic ring is 1. The molecule has 1 fully saturated rings. The standard InChI is InChI=1S/C9H13N3O3/c10-7-5-12(11-8(7)9(13)14)4-6-2-1-3-15-6/h5-6H,1-4,10H2,(H,13,14). The van der Waals surface area contributed by atoms with Crippen LogP contribution in [0.3, 0.4) is 0 Å². The average molecular weight is 211 g/mol. The number of carbonyl (C=O) groups is 1. The quantitative estimate of drug-likeness (QED) is 0.752. The third-order valence-electron chi connectivity index (χ3n) is 2.41. The highest BCUT2D eigenvalue weighted by atomic mass is 16.5. The van der Waals surface area contributed by atoms with E-state index in [9.17, 15) is 4.79 Å². The van der Waals surface area contributed by atoms with Crippen LogP contribution >= 0.6 is 0 Å². The molecule has 6 nitrogen and oxygen atoms in total. The Balaban J connectivity index is 2.08. The summed E-state index contributed by atoms with van der Waals surface area (Å²) in [7, 11) is 0. The second-order valence-electron chi connectivity index (χ2n) is 3.60. The Hall–Kier alpha value is -1.56. The molecule has 6 heteroatoms. The molecule has 1 aliphatic heterocycles. The first-order chi connectivity index (χ1) is 7.16. The molecule has 1 atom stereocenters. The van der Waals surface area contributed by atoms with Crippen LogP contribution in [0, 0.1) is 0 Å². The van der Waals surface area contributed by atoms with Crippen molar-refractivity contribution in [3.63, 3.8) is 0 Å². The fourth-order valence-corrected chi connectivity index (χ4v) is 1.69. The van der Waals surface area contributed by atoms with Crippen molar-refractivity contribution in [2.24, 2.45) is 0 Å². The van der Waals surface area contributed by atoms with Crippen LogP contribution in [-0.4, -0.2) is 33.6 Å². The number of carboxylic acid groups (broad SMARTS) is 1. The number of anilines is 1. The number of hydrogen-bond acceptors (Lipinski definition) is 4. The molecule has 1 aromatic rings. The lowest BCUT2D eigenvalue weighted by Crippen LogP contribution is -2.15. The maximum Gasteiger partial charge on any atom is 0.358 e. The molecule has 1 aliphatic rings. The Morgan fingerprint density at radius 1 is 1.80 bits per heavy atom. The molecule has 0 radical (unpaired) electrons. The Bertz CT molecular complexity index is 369. The Morgan fingerprint density at radius 3 is 3.13 bits per heavy atom. The van der Waals surface area contributed by atoms with Crippen LogP contribution in [0.25, 0.3) is 0 Å². The van der Waals surface area contributed by atoms with E-state index in [4.69, 9.17) is 15.6 Å². The van der Waals surface area contributed by atoms with Gasteiger partial charge in [-0.1, -0.05) is 0 Å². The maximum absolute atomic E-state index is 10.7. The van der Waals surface area contributed by atoms with Crippen molar-refractivity contribution in [1.29, 1.82) is 0 Å². The van der Waals surface area contributed by atoms with Gasteiger partial charge in [0.05, 0.1) is 18.3 Å². The van der Waals surface area contributed by atoms with Crippen molar-refractivity contribution >= 4 is 11.7 Å². The summed E-state index contributed by atoms with van der Waals surface area (Å²) in [4.78, 5) is 10.7. The summed E-state index contributed by atoms with van der Waals surface area (Å²) in [6.45, 7) is 1.34. The maximum atomic E-state index is 10.7. The Labute approximate surface area is 86.6 Å². The van der Waals surface area contributed by atoms with E-state index in [2.05, 4.69) is 5.10 Å². The topological polar surface area (TPSA) is 90.4 Å². The summed E-state index contributed by atoms with van der Waals surface area (Å²) in [5.41, 5.74) is 5.62. The van der Waals surface area contributed by atoms with Crippen LogP contribution in [-0.2, 0) is 11.3 Å². The second-order valence-corrected chi connectivity index (χ2v) is 3.60. The molecule has 1 saturated heterocycles. The molecule has 1 unspecified atom stereocenters. The molecule has 0 aromatic carbocycles. The zero-order chi connectivity index (χ0) is 10.8. The van der Waals surface area contributed by atoms with E-state index in [1.807, 2.05) is 0 Å². The number of ether oxygens (including phenoxy) is 1. The highest BCUT2D eigenvalue weighted by Gasteiger charge is 2.19. The van der Waals surface area contributed by atoms with Crippen LogP contribution in [0.4, 0.5) is 5.69 Å². The first kappa shape index (κ1) is 9.97. The number of nitrogens with zero attached hydrogens (tertiary/aromatic N) is 2. The van der Waals surface area contributed by atoms with Gasteiger partial charge in [0.25, 0.3) is 0 Å². The van der Waals surface area contributed by atoms with Gasteiger partial charge in [0.2, 0.25) is 0 Å². The lowest BCUT2D eigenvalue weighted by molar-refractivity contribution is 0.0686. The molecule has 0 spiro atoms. The van der Waals surface area contributed by atoms with Crippen LogP contribution in [0.1, 0.15) is 23.3 Å². The third kappa shape index (κ3) is 2.10. The number of hydrogen-bond donors (Lipinski definition) is 2. The van der Waals surface area contributed by atoms with Crippen LogP contribution in [0.5, 0.6) is 0 Å². The van der Waals surface area contributed by atoms with Crippen molar-refractivity contribution < 1.29 is 14.6 Å². The summed E-state index contributed by atoms with van der Waals surface area (Å²) in [5, 5.41) is 12.6. The first-order valence-corrected chi connectivity index (χ1v) is 4.84. The Kier molecular flexibility index (Phi) is 2.59. The minimum Gasteiger partial charge on any atom is -0.476 e. The molecule has 2 heterocycles. The van der Waals surface area contributed by atoms with E-state index in [-0.39, 0.29) is 17.5 Å². The van der Waals surface area contributed by atoms with Gasteiger partial charge in [-0.15, -0.1) is 0 Å². The fourth-order valence-electron chi connectivity index (χ4n) is 1.69. The predicted octanol–water partition coefficient (Wildman–Crippen LogP) is 0.343. The summed E-state index contributed by atoms with van der Waals surface area (Å²) in [6.07, 6.45) is 3.70. The van der Waals surface area contributed by atoms with Crippen molar-refractivity contribution in [1.82, 2.24) is 9.78 Å². The number of rotatable bonds is 3. The zero-order valence-corrected chi connectivity index (χ0v) is 8.22. The van der Waals surface area contributed by atoms with Crippen molar-refractivity contribution in [3.05, 3.63) is 11.9 Å². The number of aromatic carboxylic acids is 1. The number of nitrogens with two attached hydrogens (primary N) is 1. The smallest absolute Gasteiger partial charge is 0.358 e. The van der Waals surface area contributed by atoms with E-state index in [0.717, 1.165) is 19.4 Å². The summed E-state index contributed by atoms with van der Waals surface area (Å²) in [6, 6.07) is 0. The minimum absolute atomic E-state index is 0.0898. The summed E-state index contributed by atoms with van der Waals surface area (Å²) >= 11 is 0. The number of carboxylic acids is 1. The van der Waals surface area contributed by atoms with Gasteiger partial charge in [-0.2, -0.15) is 5.10 Å². The lowest BCUT2D eigenvalue weighted by atomic mass is 10.2. The predicted molar refractivity (Wildman–Crippen MR) is 52.6 cm³/mol. The van der Waals surface area contributed by atoms with Crippen LogP contribution in [0.15, 0.2) is 6.20 Å². The van der Waals surface area contributed by atoms with Crippen molar-refractivity contribution in [3.8, 4) is 0 Å². The van der Waals surface area contributed by atoms with Crippen LogP contribution in [0.2, 0.25) is 0 Å². The third-order valence-corrected chi connectivity index (χ3v) is 2.41. The van der Waals surface area contributed by atoms with E-state index >= 15 is 0 Å². The summed E-state index contributed by atoms with van der Waals surface area (Å²) < 4.78 is 6.95. The first-order valence-electron chi connectivity index (χ1n) is 4.84. The fraction of sp³-hybridized carbons (Fsp3) is 0.556. The van der Waals surface area contributed by atoms with E-state index in [0.29, 0.717) is 6.54 Å². The second kappa shape index (κ2) is 3.90. The van der Waals surface area contributed by atoms with E-state index in [1.54, 1.807) is 0 Å². The molecular formula is C9H13N3O3. The molecule has 2 rings (SSSR count). The normalized spacial score (nSPS) is 20.7. The van der Waals surface area contributed by atoms with Crippen LogP contribution < -0.4 is 5.73 Å². The van der Waals surface area contributed by atoms with Gasteiger partial charge in [0.1, 0.15) is 0 Å². The highest BCUT2D eigenvalue weighted by Crippen LogP contribution is 2.15. The van der Waals surface area contributed by atoms with Gasteiger partial charge in [0, 0.05) is 12.8 Å². The van der Waals surface area contributed by atoms with Gasteiger partial charge in [-0.05, 0) is 12.8 Å². The van der Waals surface area contributed by atoms with Gasteiger partial charge in [-0.25, -0.2) is 4.79 Å². The monoisotopic (exact) mass is 211 g/mol. The molecular weight excluding hydrogens is 198 g/mol. The van der Waals surface area contributed by atoms with Gasteiger partial charge < -0.3 is 15.6 Å². The minimum atomic E-state index is -1.10. The van der Waals surface area contributed by atoms with Gasteiger partial charge >= 0.3 is 5.97 Å². The highest BCUT2D eigenvalue weighted by molar-refractivity contribution is 5.91. The van der Waals surface area contributed by atoms with Crippen molar-refractivity contribution in [2.75, 3.05) is 12.3 Å². The molecule has 3 N–H and O–H groups in total. The molecule has 0 aliphatic carbocycles. The summed E-state index contributed by atoms with van der Waals surface area (Å²) in [5.74, 6) is -1.10. The molecule has 0 bridgehead atoms.